The van der Waals surface area contributed by atoms with Gasteiger partial charge in [0.2, 0.25) is 11.8 Å². The second-order valence-corrected chi connectivity index (χ2v) is 15.0. The Bertz CT molecular complexity index is 1640. The number of nitrogens with zero attached hydrogens (tertiary/aromatic N) is 1. The fourth-order valence-corrected chi connectivity index (χ4v) is 6.69. The summed E-state index contributed by atoms with van der Waals surface area (Å²) in [5.74, 6) is -6.63. The maximum Gasteiger partial charge on any atom is 0.452 e. The molecule has 1 unspecified atom stereocenters. The molecule has 3 N–H and O–H groups in total. The van der Waals surface area contributed by atoms with Crippen LogP contribution in [-0.4, -0.2) is 73.6 Å². The van der Waals surface area contributed by atoms with Crippen molar-refractivity contribution in [2.24, 2.45) is 11.8 Å². The van der Waals surface area contributed by atoms with Gasteiger partial charge in [0.05, 0.1) is 17.5 Å². The largest absolute Gasteiger partial charge is 0.452 e. The van der Waals surface area contributed by atoms with Gasteiger partial charge in [0.1, 0.15) is 6.04 Å². The van der Waals surface area contributed by atoms with E-state index >= 15 is 0 Å². The number of rotatable bonds is 13. The topological polar surface area (TPSA) is 159 Å². The molecular weight excluding hydrogens is 701 g/mol. The van der Waals surface area contributed by atoms with Crippen molar-refractivity contribution in [1.82, 2.24) is 20.3 Å². The summed E-state index contributed by atoms with van der Waals surface area (Å²) >= 11 is 5.80. The number of alkyl halides is 3. The molecule has 1 aliphatic carbocycles. The number of ketones is 1. The van der Waals surface area contributed by atoms with Gasteiger partial charge in [0.15, 0.2) is 0 Å². The third-order valence-corrected chi connectivity index (χ3v) is 9.99. The van der Waals surface area contributed by atoms with Crippen LogP contribution in [0.4, 0.5) is 13.2 Å². The molecule has 50 heavy (non-hydrogen) atoms. The lowest BCUT2D eigenvalue weighted by molar-refractivity contribution is -0.175. The normalized spacial score (nSPS) is 15.5. The lowest BCUT2D eigenvalue weighted by Gasteiger charge is -2.35. The number of carbonyl (C=O) groups is 5. The number of hydrogen-bond donors (Lipinski definition) is 3. The molecule has 1 aliphatic rings. The maximum atomic E-state index is 14.1. The average Bonchev–Trinajstić information content (AvgIpc) is 3.33. The van der Waals surface area contributed by atoms with Gasteiger partial charge in [-0.05, 0) is 73.2 Å². The molecule has 0 spiro atoms. The molecule has 0 saturated heterocycles. The van der Waals surface area contributed by atoms with Crippen molar-refractivity contribution >= 4 is 51.0 Å². The Morgan fingerprint density at radius 2 is 1.28 bits per heavy atom. The van der Waals surface area contributed by atoms with Gasteiger partial charge in [-0.15, -0.1) is 0 Å². The zero-order chi connectivity index (χ0) is 37.4. The first-order chi connectivity index (χ1) is 23.3. The second kappa shape index (κ2) is 17.3. The fraction of sp³-hybridized carbons (Fsp3) is 0.500. The van der Waals surface area contributed by atoms with Crippen molar-refractivity contribution in [2.45, 2.75) is 95.4 Å². The molecule has 0 bridgehead atoms. The van der Waals surface area contributed by atoms with Crippen LogP contribution in [0.15, 0.2) is 53.4 Å². The molecule has 0 radical (unpaired) electrons. The standard InChI is InChI=1S/C34H42ClF3N4O7S/c1-20(2)28(30(44)34(36,37)38)39-27(43)19-42(25-9-7-5-6-8-10-25)33(47)29(21(3)4)40-31(45)22-11-13-23(14-12-22)32(46)41-50(48,49)26-17-15-24(35)16-18-26/h11-18,20-21,25,28-29H,5-10,19H2,1-4H3,(H,39,43)(H,40,45)(H,41,46)/t28?,29-/m0/s1. The molecule has 2 aromatic rings. The van der Waals surface area contributed by atoms with Crippen LogP contribution in [0.1, 0.15) is 86.9 Å². The first kappa shape index (κ1) is 40.4. The quantitative estimate of drug-likeness (QED) is 0.243. The summed E-state index contributed by atoms with van der Waals surface area (Å²) in [5.41, 5.74) is -0.0189. The van der Waals surface area contributed by atoms with Crippen LogP contribution in [0.25, 0.3) is 0 Å². The van der Waals surface area contributed by atoms with E-state index in [0.29, 0.717) is 17.9 Å². The predicted octanol–water partition coefficient (Wildman–Crippen LogP) is 5.04. The molecule has 2 aromatic carbocycles. The van der Waals surface area contributed by atoms with Gasteiger partial charge in [0, 0.05) is 22.2 Å². The van der Waals surface area contributed by atoms with Crippen molar-refractivity contribution in [2.75, 3.05) is 6.54 Å². The molecule has 0 aromatic heterocycles. The van der Waals surface area contributed by atoms with Gasteiger partial charge in [-0.1, -0.05) is 65.0 Å². The number of amides is 4. The number of hydrogen-bond acceptors (Lipinski definition) is 7. The van der Waals surface area contributed by atoms with E-state index < -0.39 is 82.1 Å². The van der Waals surface area contributed by atoms with Crippen LogP contribution in [0.3, 0.4) is 0 Å². The van der Waals surface area contributed by atoms with Crippen LogP contribution in [0, 0.1) is 11.8 Å². The van der Waals surface area contributed by atoms with E-state index in [9.17, 15) is 45.6 Å². The van der Waals surface area contributed by atoms with Gasteiger partial charge in [0.25, 0.3) is 27.6 Å². The lowest BCUT2D eigenvalue weighted by Crippen LogP contribution is -2.58. The van der Waals surface area contributed by atoms with Crippen LogP contribution >= 0.6 is 11.6 Å². The van der Waals surface area contributed by atoms with E-state index in [1.165, 1.54) is 67.3 Å². The highest BCUT2D eigenvalue weighted by molar-refractivity contribution is 7.90. The average molecular weight is 743 g/mol. The predicted molar refractivity (Wildman–Crippen MR) is 180 cm³/mol. The van der Waals surface area contributed by atoms with Crippen LogP contribution < -0.4 is 15.4 Å². The second-order valence-electron chi connectivity index (χ2n) is 12.9. The highest BCUT2D eigenvalue weighted by atomic mass is 35.5. The number of halogens is 4. The Balaban J connectivity index is 1.78. The molecule has 2 atom stereocenters. The van der Waals surface area contributed by atoms with Gasteiger partial charge in [-0.3, -0.25) is 24.0 Å². The molecule has 16 heteroatoms. The highest BCUT2D eigenvalue weighted by Gasteiger charge is 2.45. The summed E-state index contributed by atoms with van der Waals surface area (Å²) in [6.45, 7) is 5.49. The van der Waals surface area contributed by atoms with E-state index in [4.69, 9.17) is 11.6 Å². The smallest absolute Gasteiger partial charge is 0.344 e. The Morgan fingerprint density at radius 1 is 0.780 bits per heavy atom. The minimum Gasteiger partial charge on any atom is -0.344 e. The number of nitrogens with one attached hydrogen (secondary N) is 3. The number of sulfonamides is 1. The summed E-state index contributed by atoms with van der Waals surface area (Å²) in [6, 6.07) is 6.81. The summed E-state index contributed by atoms with van der Waals surface area (Å²) in [6.07, 6.45) is -0.734. The van der Waals surface area contributed by atoms with Crippen molar-refractivity contribution in [3.8, 4) is 0 Å². The molecular formula is C34H42ClF3N4O7S. The fourth-order valence-electron chi connectivity index (χ4n) is 5.58. The van der Waals surface area contributed by atoms with E-state index in [1.54, 1.807) is 13.8 Å². The maximum absolute atomic E-state index is 14.1. The van der Waals surface area contributed by atoms with Gasteiger partial charge >= 0.3 is 6.18 Å². The minimum atomic E-state index is -5.16. The third kappa shape index (κ3) is 11.0. The number of benzene rings is 2. The lowest BCUT2D eigenvalue weighted by atomic mass is 9.98. The van der Waals surface area contributed by atoms with Crippen molar-refractivity contribution in [3.63, 3.8) is 0 Å². The van der Waals surface area contributed by atoms with Crippen molar-refractivity contribution < 1.29 is 45.6 Å². The zero-order valence-corrected chi connectivity index (χ0v) is 29.8. The summed E-state index contributed by atoms with van der Waals surface area (Å²) in [7, 11) is -4.21. The highest BCUT2D eigenvalue weighted by Crippen LogP contribution is 2.25. The molecule has 0 aliphatic heterocycles. The van der Waals surface area contributed by atoms with E-state index in [1.807, 2.05) is 4.72 Å². The number of Topliss-reactive ketones (excluding diaryl/α,β-unsaturated/α-hetero) is 1. The van der Waals surface area contributed by atoms with E-state index in [0.717, 1.165) is 25.7 Å². The third-order valence-electron chi connectivity index (χ3n) is 8.39. The molecule has 0 heterocycles. The van der Waals surface area contributed by atoms with Crippen molar-refractivity contribution in [1.29, 1.82) is 0 Å². The molecule has 11 nitrogen and oxygen atoms in total. The summed E-state index contributed by atoms with van der Waals surface area (Å²) in [4.78, 5) is 66.4. The van der Waals surface area contributed by atoms with Crippen LogP contribution in [0.2, 0.25) is 5.02 Å². The van der Waals surface area contributed by atoms with Crippen LogP contribution in [-0.2, 0) is 24.4 Å². The SMILES string of the molecule is CC(C)C(NC(=O)CN(C(=O)[C@@H](NC(=O)c1ccc(C(=O)NS(=O)(=O)c2ccc(Cl)cc2)cc1)C(C)C)C1CCCCCC1)C(=O)C(F)(F)F. The molecule has 4 amide bonds. The number of carbonyl (C=O) groups excluding carboxylic acids is 5. The Labute approximate surface area is 294 Å². The Kier molecular flexibility index (Phi) is 14.0. The molecule has 1 saturated carbocycles. The molecule has 3 rings (SSSR count). The van der Waals surface area contributed by atoms with Crippen molar-refractivity contribution in [3.05, 3.63) is 64.7 Å². The van der Waals surface area contributed by atoms with Gasteiger partial charge < -0.3 is 15.5 Å². The van der Waals surface area contributed by atoms with Crippen LogP contribution in [0.5, 0.6) is 0 Å². The zero-order valence-electron chi connectivity index (χ0n) is 28.2. The minimum absolute atomic E-state index is 0.0461. The molecule has 274 valence electrons. The summed E-state index contributed by atoms with van der Waals surface area (Å²) in [5, 5.41) is 5.16. The Morgan fingerprint density at radius 3 is 1.76 bits per heavy atom. The first-order valence-corrected chi connectivity index (χ1v) is 18.1. The summed E-state index contributed by atoms with van der Waals surface area (Å²) < 4.78 is 66.9. The van der Waals surface area contributed by atoms with Gasteiger partial charge in [-0.25, -0.2) is 13.1 Å². The molecule has 1 fully saturated rings. The first-order valence-electron chi connectivity index (χ1n) is 16.3. The van der Waals surface area contributed by atoms with Gasteiger partial charge in [-0.2, -0.15) is 13.2 Å². The monoisotopic (exact) mass is 742 g/mol. The van der Waals surface area contributed by atoms with E-state index in [-0.39, 0.29) is 16.0 Å². The Hall–Kier alpha value is -3.98. The van der Waals surface area contributed by atoms with E-state index in [2.05, 4.69) is 10.6 Å².